The molecule has 2 aliphatic rings. The highest BCUT2D eigenvalue weighted by atomic mass is 32.2. The molecule has 0 unspecified atom stereocenters. The van der Waals surface area contributed by atoms with Crippen LogP contribution in [0.1, 0.15) is 12.8 Å². The third-order valence-corrected chi connectivity index (χ3v) is 5.49. The number of pyridine rings is 1. The monoisotopic (exact) mass is 343 g/mol. The van der Waals surface area contributed by atoms with Crippen LogP contribution in [0.3, 0.4) is 0 Å². The van der Waals surface area contributed by atoms with Gasteiger partial charge in [0.1, 0.15) is 5.65 Å². The summed E-state index contributed by atoms with van der Waals surface area (Å²) in [5.41, 5.74) is 1.96. The maximum absolute atomic E-state index is 12.5. The van der Waals surface area contributed by atoms with Crippen molar-refractivity contribution in [3.05, 3.63) is 35.6 Å². The van der Waals surface area contributed by atoms with Crippen molar-refractivity contribution in [3.8, 4) is 0 Å². The fourth-order valence-corrected chi connectivity index (χ4v) is 4.16. The van der Waals surface area contributed by atoms with Crippen molar-refractivity contribution in [1.29, 1.82) is 0 Å². The number of nitrogens with one attached hydrogen (secondary N) is 3. The Hall–Kier alpha value is -1.99. The number of aromatic nitrogens is 2. The van der Waals surface area contributed by atoms with Gasteiger partial charge in [0.05, 0.1) is 10.6 Å². The van der Waals surface area contributed by atoms with Crippen LogP contribution < -0.4 is 15.5 Å². The number of hydrogen-bond acceptors (Lipinski definition) is 5. The Morgan fingerprint density at radius 1 is 1.46 bits per heavy atom. The molecule has 2 aliphatic heterocycles. The van der Waals surface area contributed by atoms with E-state index in [-0.39, 0.29) is 5.91 Å². The van der Waals surface area contributed by atoms with Gasteiger partial charge in [-0.25, -0.2) is 4.98 Å². The number of nitrogens with zero attached hydrogens (tertiary/aromatic N) is 2. The molecule has 7 heteroatoms. The summed E-state index contributed by atoms with van der Waals surface area (Å²) in [6.07, 6.45) is 8.00. The summed E-state index contributed by atoms with van der Waals surface area (Å²) < 4.78 is 0. The lowest BCUT2D eigenvalue weighted by molar-refractivity contribution is -0.116. The normalized spacial score (nSPS) is 21.1. The Morgan fingerprint density at radius 3 is 3.29 bits per heavy atom. The molecule has 126 valence electrons. The largest absolute Gasteiger partial charge is 0.350 e. The van der Waals surface area contributed by atoms with E-state index in [0.717, 1.165) is 46.9 Å². The van der Waals surface area contributed by atoms with Crippen molar-refractivity contribution in [3.63, 3.8) is 0 Å². The lowest BCUT2D eigenvalue weighted by Gasteiger charge is -2.26. The highest BCUT2D eigenvalue weighted by Gasteiger charge is 2.21. The Kier molecular flexibility index (Phi) is 4.44. The third-order valence-electron chi connectivity index (χ3n) is 4.50. The second kappa shape index (κ2) is 6.86. The first-order valence-corrected chi connectivity index (χ1v) is 9.35. The van der Waals surface area contributed by atoms with Gasteiger partial charge in [-0.2, -0.15) is 0 Å². The molecule has 1 atom stereocenters. The van der Waals surface area contributed by atoms with Crippen molar-refractivity contribution in [2.75, 3.05) is 30.3 Å². The summed E-state index contributed by atoms with van der Waals surface area (Å²) in [5.74, 6) is 0.924. The van der Waals surface area contributed by atoms with E-state index in [2.05, 4.69) is 25.5 Å². The van der Waals surface area contributed by atoms with Crippen molar-refractivity contribution >= 4 is 34.4 Å². The Bertz CT molecular complexity index is 765. The zero-order chi connectivity index (χ0) is 16.4. The van der Waals surface area contributed by atoms with Gasteiger partial charge in [-0.3, -0.25) is 4.79 Å². The van der Waals surface area contributed by atoms with Gasteiger partial charge in [0.15, 0.2) is 0 Å². The van der Waals surface area contributed by atoms with Crippen LogP contribution in [0.25, 0.3) is 11.0 Å². The lowest BCUT2D eigenvalue weighted by Crippen LogP contribution is -2.38. The van der Waals surface area contributed by atoms with Gasteiger partial charge in [-0.05, 0) is 31.5 Å². The molecule has 2 aromatic rings. The van der Waals surface area contributed by atoms with Gasteiger partial charge in [0.25, 0.3) is 5.91 Å². The third kappa shape index (κ3) is 3.14. The van der Waals surface area contributed by atoms with Crippen molar-refractivity contribution in [2.24, 2.45) is 0 Å². The van der Waals surface area contributed by atoms with Crippen LogP contribution >= 0.6 is 11.8 Å². The predicted octanol–water partition coefficient (Wildman–Crippen LogP) is 1.83. The molecule has 0 saturated carbocycles. The van der Waals surface area contributed by atoms with Gasteiger partial charge >= 0.3 is 0 Å². The van der Waals surface area contributed by atoms with E-state index in [4.69, 9.17) is 0 Å². The number of carbonyl (C=O) groups excluding carboxylic acids is 1. The first-order chi connectivity index (χ1) is 11.8. The molecule has 4 rings (SSSR count). The van der Waals surface area contributed by atoms with E-state index in [1.165, 1.54) is 6.42 Å². The van der Waals surface area contributed by atoms with Crippen LogP contribution in [0.15, 0.2) is 35.6 Å². The molecular formula is C17H21N5OS. The van der Waals surface area contributed by atoms with Gasteiger partial charge in [-0.15, -0.1) is 11.8 Å². The van der Waals surface area contributed by atoms with E-state index < -0.39 is 0 Å². The Balaban J connectivity index is 1.50. The quantitative estimate of drug-likeness (QED) is 0.790. The molecule has 4 heterocycles. The molecular weight excluding hydrogens is 322 g/mol. The van der Waals surface area contributed by atoms with Gasteiger partial charge < -0.3 is 20.5 Å². The lowest BCUT2D eigenvalue weighted by atomic mass is 10.2. The maximum Gasteiger partial charge on any atom is 0.259 e. The number of rotatable bonds is 4. The van der Waals surface area contributed by atoms with Gasteiger partial charge in [0.2, 0.25) is 0 Å². The zero-order valence-corrected chi connectivity index (χ0v) is 14.2. The number of anilines is 1. The summed E-state index contributed by atoms with van der Waals surface area (Å²) in [6, 6.07) is 4.44. The fraction of sp³-hybridized carbons (Fsp3) is 0.412. The first-order valence-electron chi connectivity index (χ1n) is 8.36. The molecule has 0 spiro atoms. The molecule has 1 fully saturated rings. The van der Waals surface area contributed by atoms with Gasteiger partial charge in [-0.1, -0.05) is 0 Å². The fourth-order valence-electron chi connectivity index (χ4n) is 3.24. The van der Waals surface area contributed by atoms with E-state index in [9.17, 15) is 4.79 Å². The van der Waals surface area contributed by atoms with E-state index in [1.807, 2.05) is 24.5 Å². The topological polar surface area (TPSA) is 73.1 Å². The minimum atomic E-state index is 0.0257. The molecule has 2 aromatic heterocycles. The van der Waals surface area contributed by atoms with E-state index >= 15 is 0 Å². The van der Waals surface area contributed by atoms with Crippen molar-refractivity contribution < 1.29 is 4.79 Å². The van der Waals surface area contributed by atoms with Crippen LogP contribution in [-0.4, -0.2) is 47.3 Å². The average molecular weight is 343 g/mol. The Morgan fingerprint density at radius 2 is 2.42 bits per heavy atom. The predicted molar refractivity (Wildman–Crippen MR) is 98.0 cm³/mol. The minimum Gasteiger partial charge on any atom is -0.350 e. The van der Waals surface area contributed by atoms with Gasteiger partial charge in [0, 0.05) is 48.9 Å². The smallest absolute Gasteiger partial charge is 0.259 e. The van der Waals surface area contributed by atoms with Crippen LogP contribution in [0.5, 0.6) is 0 Å². The molecule has 6 nitrogen and oxygen atoms in total. The highest BCUT2D eigenvalue weighted by molar-refractivity contribution is 8.04. The number of thioether (sulfide) groups is 1. The van der Waals surface area contributed by atoms with E-state index in [0.29, 0.717) is 12.6 Å². The summed E-state index contributed by atoms with van der Waals surface area (Å²) in [6.45, 7) is 2.64. The number of carbonyl (C=O) groups is 1. The molecule has 1 amide bonds. The zero-order valence-electron chi connectivity index (χ0n) is 13.4. The standard InChI is InChI=1S/C17H21N5OS/c23-17(21-10-12-2-1-5-18-12)15-11-22(8-9-24-15)14-4-7-20-16-13(14)3-6-19-16/h3-4,6-7,11-12,18H,1-2,5,8-10H2,(H,19,20)(H,21,23)/t12-/m0/s1. The molecule has 0 radical (unpaired) electrons. The van der Waals surface area contributed by atoms with E-state index in [1.54, 1.807) is 18.0 Å². The summed E-state index contributed by atoms with van der Waals surface area (Å²) >= 11 is 1.62. The van der Waals surface area contributed by atoms with Crippen LogP contribution in [0.2, 0.25) is 0 Å². The number of fused-ring (bicyclic) bond motifs is 1. The summed E-state index contributed by atoms with van der Waals surface area (Å²) in [5, 5.41) is 7.55. The minimum absolute atomic E-state index is 0.0257. The molecule has 1 saturated heterocycles. The van der Waals surface area contributed by atoms with Crippen molar-refractivity contribution in [2.45, 2.75) is 18.9 Å². The summed E-state index contributed by atoms with van der Waals surface area (Å²) in [4.78, 5) is 22.9. The molecule has 0 aliphatic carbocycles. The van der Waals surface area contributed by atoms with Crippen LogP contribution in [-0.2, 0) is 4.79 Å². The van der Waals surface area contributed by atoms with Crippen molar-refractivity contribution in [1.82, 2.24) is 20.6 Å². The molecule has 0 aromatic carbocycles. The average Bonchev–Trinajstić information content (AvgIpc) is 3.30. The summed E-state index contributed by atoms with van der Waals surface area (Å²) in [7, 11) is 0. The molecule has 0 bridgehead atoms. The molecule has 24 heavy (non-hydrogen) atoms. The number of hydrogen-bond donors (Lipinski definition) is 3. The number of H-pyrrole nitrogens is 1. The number of amides is 1. The second-order valence-corrected chi connectivity index (χ2v) is 7.25. The van der Waals surface area contributed by atoms with Crippen LogP contribution in [0, 0.1) is 0 Å². The molecule has 3 N–H and O–H groups in total. The second-order valence-electron chi connectivity index (χ2n) is 6.11. The van der Waals surface area contributed by atoms with Crippen LogP contribution in [0.4, 0.5) is 5.69 Å². The highest BCUT2D eigenvalue weighted by Crippen LogP contribution is 2.30. The number of aromatic amines is 1. The SMILES string of the molecule is O=C(NC[C@@H]1CCCN1)C1=CN(c2ccnc3[nH]ccc23)CCS1. The maximum atomic E-state index is 12.5. The first kappa shape index (κ1) is 15.5. The Labute approximate surface area is 145 Å².